The Morgan fingerprint density at radius 1 is 1.38 bits per heavy atom. The minimum absolute atomic E-state index is 0.0171. The third-order valence-electron chi connectivity index (χ3n) is 2.88. The predicted octanol–water partition coefficient (Wildman–Crippen LogP) is 0.606. The van der Waals surface area contributed by atoms with Crippen molar-refractivity contribution in [3.05, 3.63) is 54.4 Å². The fourth-order valence-corrected chi connectivity index (χ4v) is 1.82. The molecule has 3 aromatic rings. The van der Waals surface area contributed by atoms with Gasteiger partial charge in [-0.25, -0.2) is 9.97 Å². The Balaban J connectivity index is 2.01. The molecule has 0 radical (unpaired) electrons. The summed E-state index contributed by atoms with van der Waals surface area (Å²) < 4.78 is 2.66. The van der Waals surface area contributed by atoms with Gasteiger partial charge >= 0.3 is 0 Å². The Kier molecular flexibility index (Phi) is 2.93. The molecular formula is C13H9N7O. The molecule has 0 fully saturated rings. The van der Waals surface area contributed by atoms with Gasteiger partial charge in [0.2, 0.25) is 0 Å². The highest BCUT2D eigenvalue weighted by atomic mass is 16.2. The lowest BCUT2D eigenvalue weighted by Gasteiger charge is -2.05. The molecule has 0 aromatic carbocycles. The molecule has 8 heteroatoms. The molecule has 3 aromatic heterocycles. The summed E-state index contributed by atoms with van der Waals surface area (Å²) in [7, 11) is 0. The Hall–Kier alpha value is -3.47. The van der Waals surface area contributed by atoms with Crippen LogP contribution in [0.1, 0.15) is 15.9 Å². The first kappa shape index (κ1) is 12.6. The van der Waals surface area contributed by atoms with Crippen molar-refractivity contribution in [3.8, 4) is 11.9 Å². The third kappa shape index (κ3) is 2.12. The van der Waals surface area contributed by atoms with Crippen LogP contribution in [-0.4, -0.2) is 30.2 Å². The van der Waals surface area contributed by atoms with E-state index in [0.29, 0.717) is 11.4 Å². The zero-order chi connectivity index (χ0) is 14.8. The summed E-state index contributed by atoms with van der Waals surface area (Å²) in [6, 6.07) is 5.02. The van der Waals surface area contributed by atoms with Gasteiger partial charge in [-0.2, -0.15) is 15.0 Å². The molecule has 3 rings (SSSR count). The van der Waals surface area contributed by atoms with Crippen molar-refractivity contribution in [3.63, 3.8) is 0 Å². The molecule has 0 unspecified atom stereocenters. The number of carbonyl (C=O) groups is 1. The van der Waals surface area contributed by atoms with Crippen molar-refractivity contribution in [1.82, 2.24) is 24.3 Å². The van der Waals surface area contributed by atoms with E-state index in [1.807, 2.05) is 6.07 Å². The van der Waals surface area contributed by atoms with Gasteiger partial charge < -0.3 is 5.73 Å². The first-order chi connectivity index (χ1) is 10.2. The Morgan fingerprint density at radius 3 is 2.90 bits per heavy atom. The second kappa shape index (κ2) is 4.90. The van der Waals surface area contributed by atoms with Gasteiger partial charge in [0.05, 0.1) is 6.20 Å². The fraction of sp³-hybridized carbons (Fsp3) is 0. The summed E-state index contributed by atoms with van der Waals surface area (Å²) in [5.74, 6) is 0.130. The first-order valence-corrected chi connectivity index (χ1v) is 5.93. The number of hydrogen-bond donors (Lipinski definition) is 1. The number of pyridine rings is 1. The number of carbonyl (C=O) groups excluding carboxylic acids is 1. The van der Waals surface area contributed by atoms with Crippen molar-refractivity contribution in [2.75, 3.05) is 5.73 Å². The van der Waals surface area contributed by atoms with Crippen LogP contribution in [0.4, 0.5) is 5.82 Å². The maximum Gasteiger partial charge on any atom is 0.280 e. The third-order valence-corrected chi connectivity index (χ3v) is 2.88. The summed E-state index contributed by atoms with van der Waals surface area (Å²) in [5.41, 5.74) is 6.23. The number of hydrogen-bond acceptors (Lipinski definition) is 6. The van der Waals surface area contributed by atoms with Gasteiger partial charge in [0, 0.05) is 24.2 Å². The van der Waals surface area contributed by atoms with Crippen LogP contribution < -0.4 is 5.73 Å². The van der Waals surface area contributed by atoms with Gasteiger partial charge in [-0.15, -0.1) is 0 Å². The van der Waals surface area contributed by atoms with Crippen LogP contribution in [0.2, 0.25) is 0 Å². The van der Waals surface area contributed by atoms with Crippen LogP contribution in [0.25, 0.3) is 5.82 Å². The zero-order valence-electron chi connectivity index (χ0n) is 10.7. The minimum atomic E-state index is -0.433. The highest BCUT2D eigenvalue weighted by molar-refractivity contribution is 5.97. The lowest BCUT2D eigenvalue weighted by molar-refractivity contribution is 0.0948. The quantitative estimate of drug-likeness (QED) is 0.734. The second-order valence-electron chi connectivity index (χ2n) is 4.14. The normalized spacial score (nSPS) is 10.2. The second-order valence-corrected chi connectivity index (χ2v) is 4.14. The average Bonchev–Trinajstić information content (AvgIpc) is 3.16. The standard InChI is InChI=1S/C13H9N7O/c14-6-10-7-18-20(12(10)15)13(21)9-1-2-17-11(5-9)19-4-3-16-8-19/h1-5,7-8H,15H2. The van der Waals surface area contributed by atoms with Gasteiger partial charge in [-0.1, -0.05) is 0 Å². The SMILES string of the molecule is N#Cc1cnn(C(=O)c2ccnc(-n3ccnc3)c2)c1N. The maximum atomic E-state index is 12.4. The summed E-state index contributed by atoms with van der Waals surface area (Å²) >= 11 is 0. The Bertz CT molecular complexity index is 842. The van der Waals surface area contributed by atoms with E-state index in [-0.39, 0.29) is 11.4 Å². The van der Waals surface area contributed by atoms with E-state index in [9.17, 15) is 4.79 Å². The molecule has 0 aliphatic heterocycles. The Morgan fingerprint density at radius 2 is 2.24 bits per heavy atom. The Labute approximate surface area is 119 Å². The highest BCUT2D eigenvalue weighted by Gasteiger charge is 2.16. The molecule has 102 valence electrons. The van der Waals surface area contributed by atoms with E-state index < -0.39 is 5.91 Å². The molecular weight excluding hydrogens is 270 g/mol. The van der Waals surface area contributed by atoms with E-state index in [1.54, 1.807) is 35.4 Å². The smallest absolute Gasteiger partial charge is 0.280 e. The molecule has 0 saturated carbocycles. The van der Waals surface area contributed by atoms with Crippen molar-refractivity contribution in [1.29, 1.82) is 5.26 Å². The van der Waals surface area contributed by atoms with E-state index in [1.165, 1.54) is 12.4 Å². The number of anilines is 1. The molecule has 0 amide bonds. The van der Waals surface area contributed by atoms with Crippen LogP contribution in [0.3, 0.4) is 0 Å². The maximum absolute atomic E-state index is 12.4. The number of rotatable bonds is 2. The lowest BCUT2D eigenvalue weighted by atomic mass is 10.2. The average molecular weight is 279 g/mol. The van der Waals surface area contributed by atoms with Crippen LogP contribution in [0, 0.1) is 11.3 Å². The number of aromatic nitrogens is 5. The van der Waals surface area contributed by atoms with Crippen molar-refractivity contribution in [2.24, 2.45) is 0 Å². The van der Waals surface area contributed by atoms with Crippen LogP contribution in [0.5, 0.6) is 0 Å². The number of nitrogens with zero attached hydrogens (tertiary/aromatic N) is 6. The molecule has 0 spiro atoms. The summed E-state index contributed by atoms with van der Waals surface area (Å²) in [6.07, 6.45) is 7.67. The number of nitrogen functional groups attached to an aromatic ring is 1. The van der Waals surface area contributed by atoms with Gasteiger partial charge in [0.1, 0.15) is 29.6 Å². The molecule has 0 aliphatic rings. The van der Waals surface area contributed by atoms with E-state index >= 15 is 0 Å². The van der Waals surface area contributed by atoms with Gasteiger partial charge in [0.25, 0.3) is 5.91 Å². The van der Waals surface area contributed by atoms with Gasteiger partial charge in [-0.3, -0.25) is 9.36 Å². The molecule has 0 aliphatic carbocycles. The molecule has 0 bridgehead atoms. The van der Waals surface area contributed by atoms with Crippen LogP contribution >= 0.6 is 0 Å². The summed E-state index contributed by atoms with van der Waals surface area (Å²) in [4.78, 5) is 20.5. The van der Waals surface area contributed by atoms with E-state index in [2.05, 4.69) is 15.1 Å². The lowest BCUT2D eigenvalue weighted by Crippen LogP contribution is -2.16. The highest BCUT2D eigenvalue weighted by Crippen LogP contribution is 2.13. The van der Waals surface area contributed by atoms with Crippen molar-refractivity contribution < 1.29 is 4.79 Å². The molecule has 21 heavy (non-hydrogen) atoms. The van der Waals surface area contributed by atoms with Crippen LogP contribution in [-0.2, 0) is 0 Å². The summed E-state index contributed by atoms with van der Waals surface area (Å²) in [5, 5.41) is 12.7. The predicted molar refractivity (Wildman–Crippen MR) is 72.4 cm³/mol. The monoisotopic (exact) mass is 279 g/mol. The molecule has 2 N–H and O–H groups in total. The van der Waals surface area contributed by atoms with Crippen LogP contribution in [0.15, 0.2) is 43.2 Å². The van der Waals surface area contributed by atoms with Gasteiger partial charge in [-0.05, 0) is 12.1 Å². The largest absolute Gasteiger partial charge is 0.382 e. The number of nitrogens with two attached hydrogens (primary N) is 1. The first-order valence-electron chi connectivity index (χ1n) is 5.93. The van der Waals surface area contributed by atoms with Crippen molar-refractivity contribution in [2.45, 2.75) is 0 Å². The van der Waals surface area contributed by atoms with Gasteiger partial charge in [0.15, 0.2) is 0 Å². The van der Waals surface area contributed by atoms with E-state index in [4.69, 9.17) is 11.0 Å². The molecule has 3 heterocycles. The molecule has 8 nitrogen and oxygen atoms in total. The van der Waals surface area contributed by atoms with E-state index in [0.717, 1.165) is 4.68 Å². The number of nitriles is 1. The number of imidazole rings is 1. The molecule has 0 atom stereocenters. The fourth-order valence-electron chi connectivity index (χ4n) is 1.82. The topological polar surface area (TPSA) is 115 Å². The summed E-state index contributed by atoms with van der Waals surface area (Å²) in [6.45, 7) is 0. The molecule has 0 saturated heterocycles. The minimum Gasteiger partial charge on any atom is -0.382 e. The van der Waals surface area contributed by atoms with Crippen molar-refractivity contribution >= 4 is 11.7 Å². The zero-order valence-corrected chi connectivity index (χ0v) is 10.7.